The molecule has 1 atom stereocenters. The molecule has 0 fully saturated rings. The average molecular weight is 257 g/mol. The van der Waals surface area contributed by atoms with E-state index in [0.717, 1.165) is 38.2 Å². The van der Waals surface area contributed by atoms with E-state index in [1.165, 1.54) is 4.88 Å². The van der Waals surface area contributed by atoms with Gasteiger partial charge in [0.15, 0.2) is 0 Å². The van der Waals surface area contributed by atoms with Crippen molar-refractivity contribution in [3.05, 3.63) is 16.1 Å². The monoisotopic (exact) mass is 257 g/mol. The van der Waals surface area contributed by atoms with Crippen LogP contribution in [0.2, 0.25) is 0 Å². The van der Waals surface area contributed by atoms with E-state index < -0.39 is 0 Å². The highest BCUT2D eigenvalue weighted by Crippen LogP contribution is 2.14. The van der Waals surface area contributed by atoms with Crippen molar-refractivity contribution < 1.29 is 4.74 Å². The number of ether oxygens (including phenoxy) is 1. The summed E-state index contributed by atoms with van der Waals surface area (Å²) in [6, 6.07) is 0.225. The summed E-state index contributed by atoms with van der Waals surface area (Å²) in [7, 11) is 3.83. The van der Waals surface area contributed by atoms with Gasteiger partial charge in [0, 0.05) is 37.7 Å². The Morgan fingerprint density at radius 1 is 1.59 bits per heavy atom. The van der Waals surface area contributed by atoms with Gasteiger partial charge in [0.2, 0.25) is 0 Å². The van der Waals surface area contributed by atoms with Crippen molar-refractivity contribution in [2.75, 3.05) is 27.3 Å². The molecule has 0 radical (unpaired) electrons. The maximum absolute atomic E-state index is 6.07. The Labute approximate surface area is 108 Å². The van der Waals surface area contributed by atoms with E-state index in [4.69, 9.17) is 10.5 Å². The molecule has 4 nitrogen and oxygen atoms in total. The lowest BCUT2D eigenvalue weighted by Crippen LogP contribution is -2.35. The second-order valence-electron chi connectivity index (χ2n) is 4.45. The number of thiazole rings is 1. The lowest BCUT2D eigenvalue weighted by atomic mass is 10.1. The predicted molar refractivity (Wildman–Crippen MR) is 72.3 cm³/mol. The van der Waals surface area contributed by atoms with Crippen molar-refractivity contribution in [2.45, 2.75) is 32.4 Å². The minimum atomic E-state index is 0.225. The molecule has 0 spiro atoms. The molecular weight excluding hydrogens is 234 g/mol. The normalized spacial score (nSPS) is 13.2. The molecule has 0 aliphatic rings. The van der Waals surface area contributed by atoms with Gasteiger partial charge in [-0.3, -0.25) is 4.90 Å². The minimum absolute atomic E-state index is 0.225. The fraction of sp³-hybridized carbons (Fsp3) is 0.750. The zero-order valence-electron chi connectivity index (χ0n) is 11.0. The third kappa shape index (κ3) is 5.59. The number of nitrogens with two attached hydrogens (primary N) is 1. The van der Waals surface area contributed by atoms with E-state index in [9.17, 15) is 0 Å². The Morgan fingerprint density at radius 2 is 2.35 bits per heavy atom. The highest BCUT2D eigenvalue weighted by atomic mass is 32.1. The first-order valence-electron chi connectivity index (χ1n) is 5.95. The van der Waals surface area contributed by atoms with Crippen molar-refractivity contribution in [3.63, 3.8) is 0 Å². The number of hydrogen-bond acceptors (Lipinski definition) is 5. The van der Waals surface area contributed by atoms with Crippen LogP contribution < -0.4 is 5.73 Å². The van der Waals surface area contributed by atoms with Gasteiger partial charge in [0.05, 0.1) is 11.2 Å². The lowest BCUT2D eigenvalue weighted by molar-refractivity contribution is 0.187. The van der Waals surface area contributed by atoms with Gasteiger partial charge in [0.1, 0.15) is 0 Å². The predicted octanol–water partition coefficient (Wildman–Crippen LogP) is 1.64. The van der Waals surface area contributed by atoms with E-state index in [2.05, 4.69) is 23.9 Å². The Hall–Kier alpha value is -0.490. The maximum atomic E-state index is 6.07. The van der Waals surface area contributed by atoms with Gasteiger partial charge in [0.25, 0.3) is 0 Å². The second kappa shape index (κ2) is 7.76. The van der Waals surface area contributed by atoms with Crippen LogP contribution in [-0.2, 0) is 11.3 Å². The summed E-state index contributed by atoms with van der Waals surface area (Å²) < 4.78 is 5.02. The van der Waals surface area contributed by atoms with Crippen LogP contribution in [0.1, 0.15) is 23.4 Å². The molecular formula is C12H23N3OS. The summed E-state index contributed by atoms with van der Waals surface area (Å²) >= 11 is 1.71. The third-order valence-electron chi connectivity index (χ3n) is 2.73. The summed E-state index contributed by atoms with van der Waals surface area (Å²) in [5.41, 5.74) is 9.11. The quantitative estimate of drug-likeness (QED) is 0.719. The molecule has 0 aliphatic carbocycles. The second-order valence-corrected chi connectivity index (χ2v) is 5.39. The summed E-state index contributed by atoms with van der Waals surface area (Å²) in [6.45, 7) is 4.71. The molecule has 0 bridgehead atoms. The molecule has 1 rings (SSSR count). The topological polar surface area (TPSA) is 51.4 Å². The Balaban J connectivity index is 2.24. The third-order valence-corrected chi connectivity index (χ3v) is 3.65. The molecule has 1 heterocycles. The molecule has 5 heteroatoms. The first kappa shape index (κ1) is 14.6. The first-order chi connectivity index (χ1) is 8.13. The van der Waals surface area contributed by atoms with Crippen LogP contribution in [0, 0.1) is 6.92 Å². The lowest BCUT2D eigenvalue weighted by Gasteiger charge is -2.20. The summed E-state index contributed by atoms with van der Waals surface area (Å²) in [5.74, 6) is 0. The minimum Gasteiger partial charge on any atom is -0.385 e. The average Bonchev–Trinajstić information content (AvgIpc) is 2.64. The highest BCUT2D eigenvalue weighted by molar-refractivity contribution is 7.09. The molecule has 0 aromatic carbocycles. The molecule has 0 amide bonds. The van der Waals surface area contributed by atoms with Crippen LogP contribution in [0.25, 0.3) is 0 Å². The van der Waals surface area contributed by atoms with E-state index in [1.54, 1.807) is 18.4 Å². The molecule has 0 aliphatic heterocycles. The summed E-state index contributed by atoms with van der Waals surface area (Å²) in [6.07, 6.45) is 2.05. The van der Waals surface area contributed by atoms with Crippen molar-refractivity contribution in [2.24, 2.45) is 5.73 Å². The number of hydrogen-bond donors (Lipinski definition) is 1. The molecule has 2 N–H and O–H groups in total. The number of nitrogens with zero attached hydrogens (tertiary/aromatic N) is 2. The van der Waals surface area contributed by atoms with Crippen LogP contribution in [0.5, 0.6) is 0 Å². The van der Waals surface area contributed by atoms with Crippen LogP contribution in [-0.4, -0.2) is 43.2 Å². The smallest absolute Gasteiger partial charge is 0.0798 e. The van der Waals surface area contributed by atoms with Gasteiger partial charge in [-0.1, -0.05) is 0 Å². The van der Waals surface area contributed by atoms with E-state index in [1.807, 2.05) is 5.51 Å². The largest absolute Gasteiger partial charge is 0.385 e. The zero-order valence-corrected chi connectivity index (χ0v) is 11.8. The van der Waals surface area contributed by atoms with Gasteiger partial charge in [-0.05, 0) is 26.8 Å². The van der Waals surface area contributed by atoms with Gasteiger partial charge in [-0.25, -0.2) is 4.98 Å². The number of methoxy groups -OCH3 is 1. The number of rotatable bonds is 8. The van der Waals surface area contributed by atoms with Gasteiger partial charge in [-0.2, -0.15) is 0 Å². The Morgan fingerprint density at radius 3 is 2.94 bits per heavy atom. The van der Waals surface area contributed by atoms with Crippen LogP contribution in [0.4, 0.5) is 0 Å². The van der Waals surface area contributed by atoms with Crippen LogP contribution in [0.3, 0.4) is 0 Å². The van der Waals surface area contributed by atoms with E-state index in [0.29, 0.717) is 0 Å². The fourth-order valence-corrected chi connectivity index (χ4v) is 2.63. The summed E-state index contributed by atoms with van der Waals surface area (Å²) in [4.78, 5) is 7.85. The van der Waals surface area contributed by atoms with Gasteiger partial charge < -0.3 is 10.5 Å². The SMILES string of the molecule is COCCCC(N)CN(C)Cc1scnc1C. The van der Waals surface area contributed by atoms with Crippen molar-refractivity contribution >= 4 is 11.3 Å². The van der Waals surface area contributed by atoms with E-state index in [-0.39, 0.29) is 6.04 Å². The van der Waals surface area contributed by atoms with Crippen molar-refractivity contribution in [1.82, 2.24) is 9.88 Å². The fourth-order valence-electron chi connectivity index (χ4n) is 1.77. The zero-order chi connectivity index (χ0) is 12.7. The summed E-state index contributed by atoms with van der Waals surface area (Å²) in [5, 5.41) is 0. The standard InChI is InChI=1S/C12H23N3OS/c1-10-12(17-9-14-10)8-15(2)7-11(13)5-4-6-16-3/h9,11H,4-8,13H2,1-3H3. The van der Waals surface area contributed by atoms with Gasteiger partial charge >= 0.3 is 0 Å². The molecule has 17 heavy (non-hydrogen) atoms. The first-order valence-corrected chi connectivity index (χ1v) is 6.83. The number of likely N-dealkylation sites (N-methyl/N-ethyl adjacent to an activating group) is 1. The van der Waals surface area contributed by atoms with Crippen LogP contribution in [0.15, 0.2) is 5.51 Å². The molecule has 0 saturated carbocycles. The van der Waals surface area contributed by atoms with Crippen LogP contribution >= 0.6 is 11.3 Å². The van der Waals surface area contributed by atoms with Crippen molar-refractivity contribution in [1.29, 1.82) is 0 Å². The number of aryl methyl sites for hydroxylation is 1. The molecule has 1 aromatic heterocycles. The van der Waals surface area contributed by atoms with Gasteiger partial charge in [-0.15, -0.1) is 11.3 Å². The Kier molecular flexibility index (Phi) is 6.65. The van der Waals surface area contributed by atoms with E-state index >= 15 is 0 Å². The maximum Gasteiger partial charge on any atom is 0.0798 e. The molecule has 1 unspecified atom stereocenters. The molecule has 0 saturated heterocycles. The molecule has 1 aromatic rings. The Bertz CT molecular complexity index is 316. The molecule has 98 valence electrons. The highest BCUT2D eigenvalue weighted by Gasteiger charge is 2.09. The number of aromatic nitrogens is 1. The van der Waals surface area contributed by atoms with Crippen molar-refractivity contribution in [3.8, 4) is 0 Å².